The van der Waals surface area contributed by atoms with E-state index in [4.69, 9.17) is 10.5 Å². The standard InChI is InChI=1S/C6H8N4O2/c7-5(11)12-6(1-2-6)4-3-8-10-9-4/h3H,1-2H2,(H2,7,11)(H,8,9,10). The van der Waals surface area contributed by atoms with E-state index in [2.05, 4.69) is 15.4 Å². The summed E-state index contributed by atoms with van der Waals surface area (Å²) in [4.78, 5) is 10.5. The molecule has 3 N–H and O–H groups in total. The highest BCUT2D eigenvalue weighted by Crippen LogP contribution is 2.47. The van der Waals surface area contributed by atoms with Gasteiger partial charge in [0.2, 0.25) is 0 Å². The molecule has 6 heteroatoms. The second kappa shape index (κ2) is 2.20. The predicted octanol–water partition coefficient (Wildman–Crippen LogP) is -0.111. The van der Waals surface area contributed by atoms with Crippen LogP contribution in [0.25, 0.3) is 0 Å². The minimum atomic E-state index is -0.768. The van der Waals surface area contributed by atoms with E-state index in [1.165, 1.54) is 6.20 Å². The molecule has 1 aliphatic rings. The van der Waals surface area contributed by atoms with Crippen molar-refractivity contribution in [2.45, 2.75) is 18.4 Å². The van der Waals surface area contributed by atoms with Crippen molar-refractivity contribution in [3.8, 4) is 0 Å². The fourth-order valence-corrected chi connectivity index (χ4v) is 1.14. The number of nitrogens with zero attached hydrogens (tertiary/aromatic N) is 2. The number of ether oxygens (including phenoxy) is 1. The van der Waals surface area contributed by atoms with E-state index in [9.17, 15) is 4.79 Å². The monoisotopic (exact) mass is 168 g/mol. The van der Waals surface area contributed by atoms with Crippen LogP contribution in [0.3, 0.4) is 0 Å². The molecule has 0 saturated heterocycles. The molecule has 1 fully saturated rings. The summed E-state index contributed by atoms with van der Waals surface area (Å²) in [5.41, 5.74) is 4.96. The Morgan fingerprint density at radius 3 is 2.92 bits per heavy atom. The molecular formula is C6H8N4O2. The van der Waals surface area contributed by atoms with Gasteiger partial charge in [0.15, 0.2) is 5.60 Å². The van der Waals surface area contributed by atoms with E-state index in [1.54, 1.807) is 0 Å². The zero-order chi connectivity index (χ0) is 8.60. The lowest BCUT2D eigenvalue weighted by Gasteiger charge is -2.10. The van der Waals surface area contributed by atoms with Gasteiger partial charge in [-0.05, 0) is 12.8 Å². The van der Waals surface area contributed by atoms with Gasteiger partial charge in [-0.1, -0.05) is 0 Å². The van der Waals surface area contributed by atoms with E-state index in [1.807, 2.05) is 0 Å². The molecule has 2 rings (SSSR count). The van der Waals surface area contributed by atoms with Gasteiger partial charge < -0.3 is 10.5 Å². The summed E-state index contributed by atoms with van der Waals surface area (Å²) in [6, 6.07) is 0. The summed E-state index contributed by atoms with van der Waals surface area (Å²) in [6.45, 7) is 0. The molecule has 0 spiro atoms. The van der Waals surface area contributed by atoms with E-state index in [0.717, 1.165) is 12.8 Å². The van der Waals surface area contributed by atoms with Gasteiger partial charge in [-0.25, -0.2) is 4.79 Å². The second-order valence-corrected chi connectivity index (χ2v) is 2.77. The van der Waals surface area contributed by atoms with Gasteiger partial charge in [0.25, 0.3) is 0 Å². The van der Waals surface area contributed by atoms with Crippen LogP contribution in [-0.4, -0.2) is 21.5 Å². The van der Waals surface area contributed by atoms with Crippen LogP contribution >= 0.6 is 0 Å². The van der Waals surface area contributed by atoms with Gasteiger partial charge in [-0.2, -0.15) is 15.4 Å². The Morgan fingerprint density at radius 1 is 1.75 bits per heavy atom. The zero-order valence-electron chi connectivity index (χ0n) is 6.28. The summed E-state index contributed by atoms with van der Waals surface area (Å²) in [5.74, 6) is 0. The quantitative estimate of drug-likeness (QED) is 0.644. The number of hydrogen-bond acceptors (Lipinski definition) is 4. The van der Waals surface area contributed by atoms with E-state index in [0.29, 0.717) is 5.69 Å². The summed E-state index contributed by atoms with van der Waals surface area (Å²) < 4.78 is 4.91. The first-order chi connectivity index (χ1) is 5.73. The average Bonchev–Trinajstić information content (AvgIpc) is 2.61. The molecule has 0 bridgehead atoms. The number of primary amides is 1. The number of hydrogen-bond donors (Lipinski definition) is 2. The van der Waals surface area contributed by atoms with E-state index in [-0.39, 0.29) is 0 Å². The Kier molecular flexibility index (Phi) is 1.30. The highest BCUT2D eigenvalue weighted by Gasteiger charge is 2.50. The maximum atomic E-state index is 10.5. The topological polar surface area (TPSA) is 93.9 Å². The predicted molar refractivity (Wildman–Crippen MR) is 38.0 cm³/mol. The minimum Gasteiger partial charge on any atom is -0.436 e. The molecule has 1 aliphatic carbocycles. The largest absolute Gasteiger partial charge is 0.436 e. The third-order valence-electron chi connectivity index (χ3n) is 1.88. The Bertz CT molecular complexity index is 291. The molecule has 0 aliphatic heterocycles. The number of nitrogens with one attached hydrogen (secondary N) is 1. The van der Waals surface area contributed by atoms with Crippen LogP contribution in [0.2, 0.25) is 0 Å². The van der Waals surface area contributed by atoms with Crippen LogP contribution in [0.1, 0.15) is 18.5 Å². The van der Waals surface area contributed by atoms with E-state index >= 15 is 0 Å². The third kappa shape index (κ3) is 1.01. The van der Waals surface area contributed by atoms with Crippen molar-refractivity contribution in [2.75, 3.05) is 0 Å². The molecule has 1 aromatic heterocycles. The number of aromatic nitrogens is 3. The summed E-state index contributed by atoms with van der Waals surface area (Å²) in [5, 5.41) is 9.92. The number of amides is 1. The van der Waals surface area contributed by atoms with Crippen molar-refractivity contribution in [3.63, 3.8) is 0 Å². The number of aromatic amines is 1. The number of H-pyrrole nitrogens is 1. The molecule has 0 atom stereocenters. The third-order valence-corrected chi connectivity index (χ3v) is 1.88. The molecule has 0 unspecified atom stereocenters. The first-order valence-corrected chi connectivity index (χ1v) is 3.58. The molecule has 0 radical (unpaired) electrons. The Balaban J connectivity index is 2.17. The molecule has 64 valence electrons. The highest BCUT2D eigenvalue weighted by molar-refractivity contribution is 5.65. The maximum absolute atomic E-state index is 10.5. The van der Waals surface area contributed by atoms with Crippen molar-refractivity contribution < 1.29 is 9.53 Å². The summed E-state index contributed by atoms with van der Waals surface area (Å²) >= 11 is 0. The number of carbonyl (C=O) groups is 1. The second-order valence-electron chi connectivity index (χ2n) is 2.77. The number of carbonyl (C=O) groups excluding carboxylic acids is 1. The normalized spacial score (nSPS) is 18.7. The Morgan fingerprint density at radius 2 is 2.50 bits per heavy atom. The van der Waals surface area contributed by atoms with Crippen LogP contribution in [0, 0.1) is 0 Å². The van der Waals surface area contributed by atoms with Crippen molar-refractivity contribution >= 4 is 6.09 Å². The highest BCUT2D eigenvalue weighted by atomic mass is 16.6. The maximum Gasteiger partial charge on any atom is 0.405 e. The van der Waals surface area contributed by atoms with Crippen LogP contribution < -0.4 is 5.73 Å². The number of rotatable bonds is 2. The first kappa shape index (κ1) is 7.08. The lowest BCUT2D eigenvalue weighted by molar-refractivity contribution is 0.0872. The lowest BCUT2D eigenvalue weighted by Crippen LogP contribution is -2.22. The smallest absolute Gasteiger partial charge is 0.405 e. The fraction of sp³-hybridized carbons (Fsp3) is 0.500. The molecular weight excluding hydrogens is 160 g/mol. The van der Waals surface area contributed by atoms with Gasteiger partial charge in [0, 0.05) is 0 Å². The van der Waals surface area contributed by atoms with Crippen molar-refractivity contribution in [1.29, 1.82) is 0 Å². The van der Waals surface area contributed by atoms with Gasteiger partial charge >= 0.3 is 6.09 Å². The zero-order valence-corrected chi connectivity index (χ0v) is 6.28. The molecule has 12 heavy (non-hydrogen) atoms. The van der Waals surface area contributed by atoms with Crippen LogP contribution in [0.5, 0.6) is 0 Å². The number of nitrogens with two attached hydrogens (primary N) is 1. The first-order valence-electron chi connectivity index (χ1n) is 3.58. The molecule has 1 heterocycles. The van der Waals surface area contributed by atoms with Gasteiger partial charge in [0.05, 0.1) is 6.20 Å². The van der Waals surface area contributed by atoms with Crippen molar-refractivity contribution in [2.24, 2.45) is 5.73 Å². The van der Waals surface area contributed by atoms with Gasteiger partial charge in [0.1, 0.15) is 5.69 Å². The van der Waals surface area contributed by atoms with Crippen LogP contribution in [0.4, 0.5) is 4.79 Å². The van der Waals surface area contributed by atoms with Gasteiger partial charge in [-0.15, -0.1) is 0 Å². The minimum absolute atomic E-state index is 0.584. The molecule has 1 amide bonds. The molecule has 1 saturated carbocycles. The summed E-state index contributed by atoms with van der Waals surface area (Å²) in [7, 11) is 0. The van der Waals surface area contributed by atoms with Crippen LogP contribution in [-0.2, 0) is 10.3 Å². The van der Waals surface area contributed by atoms with Crippen molar-refractivity contribution in [3.05, 3.63) is 11.9 Å². The lowest BCUT2D eigenvalue weighted by atomic mass is 10.2. The fourth-order valence-electron chi connectivity index (χ4n) is 1.14. The average molecular weight is 168 g/mol. The molecule has 0 aromatic carbocycles. The van der Waals surface area contributed by atoms with E-state index < -0.39 is 11.7 Å². The Hall–Kier alpha value is -1.59. The van der Waals surface area contributed by atoms with Gasteiger partial charge in [-0.3, -0.25) is 0 Å². The Labute approximate surface area is 68.1 Å². The van der Waals surface area contributed by atoms with Crippen molar-refractivity contribution in [1.82, 2.24) is 15.4 Å². The molecule has 6 nitrogen and oxygen atoms in total. The summed E-state index contributed by atoms with van der Waals surface area (Å²) in [6.07, 6.45) is 2.30. The SMILES string of the molecule is NC(=O)OC1(c2cn[nH]n2)CC1. The molecule has 1 aromatic rings. The van der Waals surface area contributed by atoms with Crippen LogP contribution in [0.15, 0.2) is 6.20 Å².